The molecule has 0 bridgehead atoms. The summed E-state index contributed by atoms with van der Waals surface area (Å²) in [4.78, 5) is 0. The standard InChI is InChI=1S/C19H21F3O2/c1-4-12-7-17(23-5-2)19(18(8-12)24-6-3)13-9-15(21)14(11-20)16(22)10-13/h7-10H,4-6,11H2,1-3H3. The summed E-state index contributed by atoms with van der Waals surface area (Å²) < 4.78 is 52.1. The summed E-state index contributed by atoms with van der Waals surface area (Å²) in [6.07, 6.45) is 0.768. The van der Waals surface area contributed by atoms with Gasteiger partial charge < -0.3 is 9.47 Å². The van der Waals surface area contributed by atoms with Gasteiger partial charge in [0.05, 0.1) is 24.3 Å². The second-order valence-corrected chi connectivity index (χ2v) is 5.24. The van der Waals surface area contributed by atoms with Crippen molar-refractivity contribution in [2.45, 2.75) is 33.9 Å². The van der Waals surface area contributed by atoms with Crippen LogP contribution in [0.4, 0.5) is 13.2 Å². The molecule has 0 saturated heterocycles. The SMILES string of the molecule is CCOc1cc(CC)cc(OCC)c1-c1cc(F)c(CF)c(F)c1. The number of benzene rings is 2. The molecule has 2 rings (SSSR count). The molecule has 0 spiro atoms. The lowest BCUT2D eigenvalue weighted by atomic mass is 9.98. The third-order valence-electron chi connectivity index (χ3n) is 3.70. The molecule has 2 aromatic rings. The first kappa shape index (κ1) is 18.2. The normalized spacial score (nSPS) is 10.8. The molecule has 0 aliphatic rings. The zero-order valence-electron chi connectivity index (χ0n) is 14.1. The third-order valence-corrected chi connectivity index (χ3v) is 3.70. The average molecular weight is 338 g/mol. The van der Waals surface area contributed by atoms with Gasteiger partial charge in [0.25, 0.3) is 0 Å². The third kappa shape index (κ3) is 3.66. The second kappa shape index (κ2) is 8.08. The predicted molar refractivity (Wildman–Crippen MR) is 88.3 cm³/mol. The van der Waals surface area contributed by atoms with Crippen molar-refractivity contribution in [3.63, 3.8) is 0 Å². The number of alkyl halides is 1. The van der Waals surface area contributed by atoms with Gasteiger partial charge in [0.2, 0.25) is 0 Å². The van der Waals surface area contributed by atoms with Crippen LogP contribution in [-0.4, -0.2) is 13.2 Å². The Morgan fingerprint density at radius 3 is 1.71 bits per heavy atom. The summed E-state index contributed by atoms with van der Waals surface area (Å²) in [5.41, 5.74) is 1.16. The zero-order chi connectivity index (χ0) is 17.7. The van der Waals surface area contributed by atoms with E-state index in [2.05, 4.69) is 0 Å². The Morgan fingerprint density at radius 2 is 1.33 bits per heavy atom. The quantitative estimate of drug-likeness (QED) is 0.667. The van der Waals surface area contributed by atoms with Crippen LogP contribution in [0.25, 0.3) is 11.1 Å². The van der Waals surface area contributed by atoms with Crippen molar-refractivity contribution in [1.82, 2.24) is 0 Å². The first-order chi connectivity index (χ1) is 11.5. The van der Waals surface area contributed by atoms with Crippen molar-refractivity contribution in [3.05, 3.63) is 47.0 Å². The van der Waals surface area contributed by atoms with Crippen LogP contribution in [0.5, 0.6) is 11.5 Å². The van der Waals surface area contributed by atoms with Crippen molar-refractivity contribution in [1.29, 1.82) is 0 Å². The molecule has 0 N–H and O–H groups in total. The molecule has 2 nitrogen and oxygen atoms in total. The molecular weight excluding hydrogens is 317 g/mol. The van der Waals surface area contributed by atoms with Gasteiger partial charge in [-0.05, 0) is 55.7 Å². The van der Waals surface area contributed by atoms with Crippen LogP contribution < -0.4 is 9.47 Å². The highest BCUT2D eigenvalue weighted by molar-refractivity contribution is 5.78. The molecule has 0 unspecified atom stereocenters. The van der Waals surface area contributed by atoms with Crippen molar-refractivity contribution in [3.8, 4) is 22.6 Å². The van der Waals surface area contributed by atoms with E-state index in [9.17, 15) is 13.2 Å². The van der Waals surface area contributed by atoms with E-state index in [0.717, 1.165) is 24.1 Å². The highest BCUT2D eigenvalue weighted by Gasteiger charge is 2.19. The zero-order valence-corrected chi connectivity index (χ0v) is 14.1. The predicted octanol–water partition coefficient (Wildman–Crippen LogP) is 5.46. The fourth-order valence-corrected chi connectivity index (χ4v) is 2.55. The van der Waals surface area contributed by atoms with Crippen LogP contribution in [0, 0.1) is 11.6 Å². The summed E-state index contributed by atoms with van der Waals surface area (Å²) in [5.74, 6) is -0.854. The monoisotopic (exact) mass is 338 g/mol. The van der Waals surface area contributed by atoms with Crippen molar-refractivity contribution in [2.75, 3.05) is 13.2 Å². The Kier molecular flexibility index (Phi) is 6.12. The maximum absolute atomic E-state index is 14.0. The molecule has 0 saturated carbocycles. The number of ether oxygens (including phenoxy) is 2. The minimum absolute atomic E-state index is 0.261. The maximum atomic E-state index is 14.0. The molecule has 0 amide bonds. The highest BCUT2D eigenvalue weighted by Crippen LogP contribution is 2.41. The molecule has 0 aromatic heterocycles. The maximum Gasteiger partial charge on any atom is 0.132 e. The van der Waals surface area contributed by atoms with Crippen LogP contribution >= 0.6 is 0 Å². The fraction of sp³-hybridized carbons (Fsp3) is 0.368. The largest absolute Gasteiger partial charge is 0.493 e. The first-order valence-electron chi connectivity index (χ1n) is 8.02. The van der Waals surface area contributed by atoms with E-state index in [4.69, 9.17) is 9.47 Å². The van der Waals surface area contributed by atoms with Crippen LogP contribution in [0.2, 0.25) is 0 Å². The number of hydrogen-bond donors (Lipinski definition) is 0. The minimum atomic E-state index is -1.19. The van der Waals surface area contributed by atoms with E-state index in [-0.39, 0.29) is 5.56 Å². The molecule has 0 radical (unpaired) electrons. The summed E-state index contributed by atoms with van der Waals surface area (Å²) in [6, 6.07) is 5.90. The van der Waals surface area contributed by atoms with Gasteiger partial charge in [-0.2, -0.15) is 0 Å². The molecule has 0 aliphatic heterocycles. The molecule has 0 aliphatic carbocycles. The van der Waals surface area contributed by atoms with Crippen molar-refractivity contribution in [2.24, 2.45) is 0 Å². The Bertz CT molecular complexity index is 664. The van der Waals surface area contributed by atoms with E-state index in [1.165, 1.54) is 0 Å². The molecule has 0 fully saturated rings. The summed E-state index contributed by atoms with van der Waals surface area (Å²) in [5, 5.41) is 0. The topological polar surface area (TPSA) is 18.5 Å². The lowest BCUT2D eigenvalue weighted by molar-refractivity contribution is 0.325. The van der Waals surface area contributed by atoms with Crippen LogP contribution in [-0.2, 0) is 13.1 Å². The number of hydrogen-bond acceptors (Lipinski definition) is 2. The number of rotatable bonds is 7. The smallest absolute Gasteiger partial charge is 0.132 e. The lowest BCUT2D eigenvalue weighted by Gasteiger charge is -2.18. The van der Waals surface area contributed by atoms with E-state index in [1.54, 1.807) is 0 Å². The molecule has 5 heteroatoms. The highest BCUT2D eigenvalue weighted by atomic mass is 19.1. The van der Waals surface area contributed by atoms with Crippen LogP contribution in [0.15, 0.2) is 24.3 Å². The van der Waals surface area contributed by atoms with Gasteiger partial charge in [0.15, 0.2) is 0 Å². The Morgan fingerprint density at radius 1 is 0.833 bits per heavy atom. The second-order valence-electron chi connectivity index (χ2n) is 5.24. The molecule has 24 heavy (non-hydrogen) atoms. The van der Waals surface area contributed by atoms with Crippen LogP contribution in [0.3, 0.4) is 0 Å². The van der Waals surface area contributed by atoms with Gasteiger partial charge in [-0.3, -0.25) is 0 Å². The van der Waals surface area contributed by atoms with E-state index < -0.39 is 23.9 Å². The van der Waals surface area contributed by atoms with E-state index in [1.807, 2.05) is 32.9 Å². The van der Waals surface area contributed by atoms with Crippen molar-refractivity contribution >= 4 is 0 Å². The van der Waals surface area contributed by atoms with Gasteiger partial charge in [-0.25, -0.2) is 13.2 Å². The van der Waals surface area contributed by atoms with Crippen molar-refractivity contribution < 1.29 is 22.6 Å². The van der Waals surface area contributed by atoms with Gasteiger partial charge >= 0.3 is 0 Å². The Balaban J connectivity index is 2.71. The Hall–Kier alpha value is -2.17. The molecular formula is C19H21F3O2. The average Bonchev–Trinajstić information content (AvgIpc) is 2.54. The number of halogens is 3. The summed E-state index contributed by atoms with van der Waals surface area (Å²) in [7, 11) is 0. The lowest BCUT2D eigenvalue weighted by Crippen LogP contribution is -2.02. The van der Waals surface area contributed by atoms with Gasteiger partial charge in [0, 0.05) is 0 Å². The number of aryl methyl sites for hydroxylation is 1. The van der Waals surface area contributed by atoms with E-state index in [0.29, 0.717) is 30.3 Å². The fourth-order valence-electron chi connectivity index (χ4n) is 2.55. The van der Waals surface area contributed by atoms with Gasteiger partial charge in [-0.1, -0.05) is 6.92 Å². The molecule has 0 atom stereocenters. The van der Waals surface area contributed by atoms with E-state index >= 15 is 0 Å². The van der Waals surface area contributed by atoms with Crippen LogP contribution in [0.1, 0.15) is 31.9 Å². The summed E-state index contributed by atoms with van der Waals surface area (Å²) in [6.45, 7) is 5.27. The molecule has 130 valence electrons. The van der Waals surface area contributed by atoms with Gasteiger partial charge in [-0.15, -0.1) is 0 Å². The Labute approximate surface area is 140 Å². The minimum Gasteiger partial charge on any atom is -0.493 e. The van der Waals surface area contributed by atoms with Gasteiger partial charge in [0.1, 0.15) is 29.8 Å². The first-order valence-corrected chi connectivity index (χ1v) is 8.02. The molecule has 2 aromatic carbocycles. The summed E-state index contributed by atoms with van der Waals surface area (Å²) >= 11 is 0. The molecule has 0 heterocycles.